The Kier molecular flexibility index (Phi) is 7.57. The van der Waals surface area contributed by atoms with Gasteiger partial charge in [-0.15, -0.1) is 0 Å². The van der Waals surface area contributed by atoms with Gasteiger partial charge >= 0.3 is 5.97 Å². The SMILES string of the molecule is CN(C)C(=O)CNC(=O)COC(=O)/C=C/c1ccc(Cl)cc1Cl. The van der Waals surface area contributed by atoms with Gasteiger partial charge in [0.1, 0.15) is 0 Å². The van der Waals surface area contributed by atoms with Crippen molar-refractivity contribution < 1.29 is 19.1 Å². The Morgan fingerprint density at radius 1 is 1.26 bits per heavy atom. The van der Waals surface area contributed by atoms with Gasteiger partial charge in [-0.25, -0.2) is 4.79 Å². The molecule has 0 aromatic heterocycles. The van der Waals surface area contributed by atoms with E-state index in [1.165, 1.54) is 11.0 Å². The molecule has 0 aliphatic carbocycles. The molecule has 1 N–H and O–H groups in total. The Morgan fingerprint density at radius 3 is 2.57 bits per heavy atom. The molecule has 0 heterocycles. The van der Waals surface area contributed by atoms with Crippen molar-refractivity contribution >= 4 is 47.1 Å². The topological polar surface area (TPSA) is 75.7 Å². The fraction of sp³-hybridized carbons (Fsp3) is 0.267. The molecule has 0 unspecified atom stereocenters. The van der Waals surface area contributed by atoms with Gasteiger partial charge in [-0.1, -0.05) is 29.3 Å². The first-order valence-electron chi connectivity index (χ1n) is 6.56. The summed E-state index contributed by atoms with van der Waals surface area (Å²) in [7, 11) is 3.14. The Morgan fingerprint density at radius 2 is 1.96 bits per heavy atom. The number of benzene rings is 1. The summed E-state index contributed by atoms with van der Waals surface area (Å²) in [5.74, 6) is -1.53. The van der Waals surface area contributed by atoms with Gasteiger partial charge in [-0.2, -0.15) is 0 Å². The molecule has 1 aromatic rings. The van der Waals surface area contributed by atoms with Crippen LogP contribution in [0.5, 0.6) is 0 Å². The number of nitrogens with one attached hydrogen (secondary N) is 1. The number of halogens is 2. The molecule has 124 valence electrons. The smallest absolute Gasteiger partial charge is 0.331 e. The highest BCUT2D eigenvalue weighted by atomic mass is 35.5. The summed E-state index contributed by atoms with van der Waals surface area (Å²) in [6, 6.07) is 4.82. The highest BCUT2D eigenvalue weighted by Crippen LogP contribution is 2.21. The average Bonchev–Trinajstić information content (AvgIpc) is 2.49. The summed E-state index contributed by atoms with van der Waals surface area (Å²) < 4.78 is 4.75. The molecule has 0 atom stereocenters. The van der Waals surface area contributed by atoms with Gasteiger partial charge in [0.15, 0.2) is 6.61 Å². The van der Waals surface area contributed by atoms with Gasteiger partial charge in [0, 0.05) is 30.2 Å². The lowest BCUT2D eigenvalue weighted by molar-refractivity contribution is -0.144. The quantitative estimate of drug-likeness (QED) is 0.620. The summed E-state index contributed by atoms with van der Waals surface area (Å²) >= 11 is 11.7. The summed E-state index contributed by atoms with van der Waals surface area (Å²) in [5.41, 5.74) is 0.592. The third-order valence-corrected chi connectivity index (χ3v) is 3.21. The highest BCUT2D eigenvalue weighted by Gasteiger charge is 2.08. The number of hydrogen-bond acceptors (Lipinski definition) is 4. The maximum absolute atomic E-state index is 11.5. The van der Waals surface area contributed by atoms with E-state index in [9.17, 15) is 14.4 Å². The van der Waals surface area contributed by atoms with Crippen LogP contribution in [-0.4, -0.2) is 49.9 Å². The molecule has 23 heavy (non-hydrogen) atoms. The molecule has 0 radical (unpaired) electrons. The predicted octanol–water partition coefficient (Wildman–Crippen LogP) is 1.75. The summed E-state index contributed by atoms with van der Waals surface area (Å²) in [5, 5.41) is 3.22. The Balaban J connectivity index is 2.40. The first-order valence-corrected chi connectivity index (χ1v) is 7.32. The first kappa shape index (κ1) is 19.0. The van der Waals surface area contributed by atoms with E-state index >= 15 is 0 Å². The number of hydrogen-bond donors (Lipinski definition) is 1. The van der Waals surface area contributed by atoms with Crippen LogP contribution in [0.25, 0.3) is 6.08 Å². The van der Waals surface area contributed by atoms with Gasteiger partial charge < -0.3 is 15.0 Å². The third-order valence-electron chi connectivity index (χ3n) is 2.64. The second-order valence-electron chi connectivity index (χ2n) is 4.67. The summed E-state index contributed by atoms with van der Waals surface area (Å²) in [6.45, 7) is -0.627. The lowest BCUT2D eigenvalue weighted by Crippen LogP contribution is -2.38. The van der Waals surface area contributed by atoms with E-state index in [4.69, 9.17) is 27.9 Å². The van der Waals surface area contributed by atoms with Crippen LogP contribution in [0.4, 0.5) is 0 Å². The number of rotatable bonds is 6. The zero-order valence-electron chi connectivity index (χ0n) is 12.6. The molecular formula is C15H16Cl2N2O4. The Labute approximate surface area is 144 Å². The van der Waals surface area contributed by atoms with Gasteiger partial charge in [-0.05, 0) is 23.8 Å². The maximum atomic E-state index is 11.5. The van der Waals surface area contributed by atoms with Crippen molar-refractivity contribution in [3.05, 3.63) is 39.9 Å². The number of esters is 1. The molecule has 0 aliphatic rings. The van der Waals surface area contributed by atoms with Crippen LogP contribution < -0.4 is 5.32 Å². The van der Waals surface area contributed by atoms with E-state index in [1.807, 2.05) is 0 Å². The van der Waals surface area contributed by atoms with Crippen LogP contribution in [0.2, 0.25) is 10.0 Å². The van der Waals surface area contributed by atoms with Gasteiger partial charge in [0.05, 0.1) is 6.54 Å². The third kappa shape index (κ3) is 7.17. The van der Waals surface area contributed by atoms with Crippen LogP contribution in [0, 0.1) is 0 Å². The van der Waals surface area contributed by atoms with E-state index in [0.717, 1.165) is 6.08 Å². The maximum Gasteiger partial charge on any atom is 0.331 e. The van der Waals surface area contributed by atoms with Crippen molar-refractivity contribution in [1.82, 2.24) is 10.2 Å². The monoisotopic (exact) mass is 358 g/mol. The van der Waals surface area contributed by atoms with E-state index < -0.39 is 18.5 Å². The van der Waals surface area contributed by atoms with E-state index in [1.54, 1.807) is 32.3 Å². The fourth-order valence-corrected chi connectivity index (χ4v) is 1.83. The van der Waals surface area contributed by atoms with Crippen molar-refractivity contribution in [1.29, 1.82) is 0 Å². The minimum Gasteiger partial charge on any atom is -0.452 e. The van der Waals surface area contributed by atoms with Crippen molar-refractivity contribution in [2.75, 3.05) is 27.2 Å². The van der Waals surface area contributed by atoms with Gasteiger partial charge in [-0.3, -0.25) is 9.59 Å². The zero-order chi connectivity index (χ0) is 17.4. The molecule has 0 fully saturated rings. The number of nitrogens with zero attached hydrogens (tertiary/aromatic N) is 1. The molecule has 2 amide bonds. The first-order chi connectivity index (χ1) is 10.8. The second-order valence-corrected chi connectivity index (χ2v) is 5.52. The lowest BCUT2D eigenvalue weighted by atomic mass is 10.2. The van der Waals surface area contributed by atoms with E-state index in [2.05, 4.69) is 5.32 Å². The average molecular weight is 359 g/mol. The van der Waals surface area contributed by atoms with Crippen molar-refractivity contribution in [2.24, 2.45) is 0 Å². The highest BCUT2D eigenvalue weighted by molar-refractivity contribution is 6.35. The molecule has 8 heteroatoms. The largest absolute Gasteiger partial charge is 0.452 e. The van der Waals surface area contributed by atoms with Gasteiger partial charge in [0.2, 0.25) is 5.91 Å². The lowest BCUT2D eigenvalue weighted by Gasteiger charge is -2.10. The standard InChI is InChI=1S/C15H16Cl2N2O4/c1-19(2)14(21)8-18-13(20)9-23-15(22)6-4-10-3-5-11(16)7-12(10)17/h3-7H,8-9H2,1-2H3,(H,18,20)/b6-4+. The Bertz CT molecular complexity index is 630. The number of carbonyl (C=O) groups excluding carboxylic acids is 3. The van der Waals surface area contributed by atoms with Crippen LogP contribution in [0.15, 0.2) is 24.3 Å². The number of carbonyl (C=O) groups is 3. The summed E-state index contributed by atoms with van der Waals surface area (Å²) in [4.78, 5) is 35.5. The van der Waals surface area contributed by atoms with Crippen LogP contribution in [-0.2, 0) is 19.1 Å². The van der Waals surface area contributed by atoms with Gasteiger partial charge in [0.25, 0.3) is 5.91 Å². The predicted molar refractivity (Wildman–Crippen MR) is 88.2 cm³/mol. The number of ether oxygens (including phenoxy) is 1. The molecule has 0 saturated carbocycles. The number of likely N-dealkylation sites (N-methyl/N-ethyl adjacent to an activating group) is 1. The zero-order valence-corrected chi connectivity index (χ0v) is 14.1. The van der Waals surface area contributed by atoms with Crippen LogP contribution in [0.1, 0.15) is 5.56 Å². The minimum absolute atomic E-state index is 0.153. The molecular weight excluding hydrogens is 343 g/mol. The summed E-state index contributed by atoms with van der Waals surface area (Å²) in [6.07, 6.45) is 2.60. The molecule has 1 rings (SSSR count). The Hall–Kier alpha value is -2.05. The molecule has 0 aliphatic heterocycles. The normalized spacial score (nSPS) is 10.4. The molecule has 0 saturated heterocycles. The van der Waals surface area contributed by atoms with Crippen molar-refractivity contribution in [3.8, 4) is 0 Å². The molecule has 0 spiro atoms. The fourth-order valence-electron chi connectivity index (χ4n) is 1.36. The minimum atomic E-state index is -0.704. The van der Waals surface area contributed by atoms with Crippen LogP contribution >= 0.6 is 23.2 Å². The molecule has 6 nitrogen and oxygen atoms in total. The van der Waals surface area contributed by atoms with Crippen LogP contribution in [0.3, 0.4) is 0 Å². The van der Waals surface area contributed by atoms with E-state index in [-0.39, 0.29) is 12.5 Å². The van der Waals surface area contributed by atoms with Crippen molar-refractivity contribution in [3.63, 3.8) is 0 Å². The van der Waals surface area contributed by atoms with E-state index in [0.29, 0.717) is 15.6 Å². The molecule has 0 bridgehead atoms. The number of amides is 2. The van der Waals surface area contributed by atoms with Crippen molar-refractivity contribution in [2.45, 2.75) is 0 Å². The second kappa shape index (κ2) is 9.17. The molecule has 1 aromatic carbocycles.